The van der Waals surface area contributed by atoms with Gasteiger partial charge in [0.05, 0.1) is 24.2 Å². The Balaban J connectivity index is 1.61. The second-order valence-electron chi connectivity index (χ2n) is 4.74. The van der Waals surface area contributed by atoms with Gasteiger partial charge in [-0.1, -0.05) is 30.3 Å². The molecule has 20 heavy (non-hydrogen) atoms. The number of hydrogen-bond donors (Lipinski definition) is 1. The summed E-state index contributed by atoms with van der Waals surface area (Å²) in [6.07, 6.45) is 2.63. The van der Waals surface area contributed by atoms with Crippen LogP contribution in [-0.4, -0.2) is 23.1 Å². The molecule has 0 fully saturated rings. The SMILES string of the molecule is Cc1ncc(OCCCNCc2ccccc2)nc1C. The molecule has 1 heterocycles. The Hall–Kier alpha value is -1.94. The minimum atomic E-state index is 0.608. The summed E-state index contributed by atoms with van der Waals surface area (Å²) < 4.78 is 5.58. The standard InChI is InChI=1S/C16H21N3O/c1-13-14(2)19-16(12-18-13)20-10-6-9-17-11-15-7-4-3-5-8-15/h3-5,7-8,12,17H,6,9-11H2,1-2H3. The van der Waals surface area contributed by atoms with Gasteiger partial charge in [0.15, 0.2) is 0 Å². The average molecular weight is 271 g/mol. The second kappa shape index (κ2) is 7.60. The molecule has 0 amide bonds. The Kier molecular flexibility index (Phi) is 5.50. The van der Waals surface area contributed by atoms with Gasteiger partial charge in [0.2, 0.25) is 5.88 Å². The van der Waals surface area contributed by atoms with E-state index in [4.69, 9.17) is 4.74 Å². The van der Waals surface area contributed by atoms with E-state index in [0.717, 1.165) is 30.9 Å². The molecule has 0 atom stereocenters. The molecule has 1 aromatic carbocycles. The maximum Gasteiger partial charge on any atom is 0.232 e. The number of nitrogens with one attached hydrogen (secondary N) is 1. The minimum Gasteiger partial charge on any atom is -0.477 e. The Morgan fingerprint density at radius 1 is 1.10 bits per heavy atom. The van der Waals surface area contributed by atoms with Gasteiger partial charge in [0.25, 0.3) is 0 Å². The highest BCUT2D eigenvalue weighted by Gasteiger charge is 2.00. The zero-order valence-corrected chi connectivity index (χ0v) is 12.1. The lowest BCUT2D eigenvalue weighted by atomic mass is 10.2. The second-order valence-corrected chi connectivity index (χ2v) is 4.74. The van der Waals surface area contributed by atoms with Crippen LogP contribution in [0.2, 0.25) is 0 Å². The molecule has 0 aliphatic carbocycles. The summed E-state index contributed by atoms with van der Waals surface area (Å²) in [6.45, 7) is 6.35. The Morgan fingerprint density at radius 2 is 1.90 bits per heavy atom. The van der Waals surface area contributed by atoms with Crippen LogP contribution in [0.4, 0.5) is 0 Å². The largest absolute Gasteiger partial charge is 0.477 e. The van der Waals surface area contributed by atoms with E-state index in [-0.39, 0.29) is 0 Å². The lowest BCUT2D eigenvalue weighted by Crippen LogP contribution is -2.17. The van der Waals surface area contributed by atoms with E-state index >= 15 is 0 Å². The highest BCUT2D eigenvalue weighted by molar-refractivity contribution is 5.14. The maximum atomic E-state index is 5.58. The van der Waals surface area contributed by atoms with Crippen molar-refractivity contribution in [2.75, 3.05) is 13.2 Å². The van der Waals surface area contributed by atoms with E-state index < -0.39 is 0 Å². The van der Waals surface area contributed by atoms with Gasteiger partial charge in [-0.2, -0.15) is 0 Å². The van der Waals surface area contributed by atoms with E-state index in [0.29, 0.717) is 12.5 Å². The van der Waals surface area contributed by atoms with Crippen LogP contribution in [0.1, 0.15) is 23.4 Å². The van der Waals surface area contributed by atoms with Crippen molar-refractivity contribution < 1.29 is 4.74 Å². The third-order valence-corrected chi connectivity index (χ3v) is 3.09. The van der Waals surface area contributed by atoms with Crippen LogP contribution in [-0.2, 0) is 6.54 Å². The molecule has 4 heteroatoms. The van der Waals surface area contributed by atoms with Crippen molar-refractivity contribution in [3.8, 4) is 5.88 Å². The Bertz CT molecular complexity index is 529. The zero-order chi connectivity index (χ0) is 14.2. The molecular formula is C16H21N3O. The van der Waals surface area contributed by atoms with Crippen LogP contribution in [0.15, 0.2) is 36.5 Å². The predicted octanol–water partition coefficient (Wildman–Crippen LogP) is 2.65. The highest BCUT2D eigenvalue weighted by Crippen LogP contribution is 2.08. The molecule has 1 N–H and O–H groups in total. The fourth-order valence-electron chi connectivity index (χ4n) is 1.79. The van der Waals surface area contributed by atoms with Gasteiger partial charge in [-0.3, -0.25) is 4.98 Å². The molecule has 106 valence electrons. The zero-order valence-electron chi connectivity index (χ0n) is 12.1. The number of hydrogen-bond acceptors (Lipinski definition) is 4. The summed E-state index contributed by atoms with van der Waals surface area (Å²) in [4.78, 5) is 8.56. The van der Waals surface area contributed by atoms with Crippen molar-refractivity contribution in [2.24, 2.45) is 0 Å². The van der Waals surface area contributed by atoms with Crippen molar-refractivity contribution in [1.29, 1.82) is 0 Å². The van der Waals surface area contributed by atoms with Crippen LogP contribution in [0.5, 0.6) is 5.88 Å². The summed E-state index contributed by atoms with van der Waals surface area (Å²) >= 11 is 0. The number of aromatic nitrogens is 2. The van der Waals surface area contributed by atoms with E-state index in [2.05, 4.69) is 39.6 Å². The number of nitrogens with zero attached hydrogens (tertiary/aromatic N) is 2. The van der Waals surface area contributed by atoms with E-state index in [9.17, 15) is 0 Å². The number of aryl methyl sites for hydroxylation is 2. The van der Waals surface area contributed by atoms with Crippen molar-refractivity contribution in [3.63, 3.8) is 0 Å². The van der Waals surface area contributed by atoms with Crippen molar-refractivity contribution in [3.05, 3.63) is 53.5 Å². The molecule has 0 aliphatic rings. The van der Waals surface area contributed by atoms with E-state index in [1.807, 2.05) is 19.9 Å². The predicted molar refractivity (Wildman–Crippen MR) is 79.8 cm³/mol. The van der Waals surface area contributed by atoms with Gasteiger partial charge in [-0.25, -0.2) is 4.98 Å². The molecule has 0 unspecified atom stereocenters. The number of ether oxygens (including phenoxy) is 1. The van der Waals surface area contributed by atoms with Crippen LogP contribution in [0, 0.1) is 13.8 Å². The summed E-state index contributed by atoms with van der Waals surface area (Å²) in [5.41, 5.74) is 3.17. The molecule has 4 nitrogen and oxygen atoms in total. The van der Waals surface area contributed by atoms with Crippen LogP contribution in [0.3, 0.4) is 0 Å². The minimum absolute atomic E-state index is 0.608. The Labute approximate surface area is 120 Å². The fourth-order valence-corrected chi connectivity index (χ4v) is 1.79. The summed E-state index contributed by atoms with van der Waals surface area (Å²) in [7, 11) is 0. The first-order valence-corrected chi connectivity index (χ1v) is 6.93. The topological polar surface area (TPSA) is 47.0 Å². The van der Waals surface area contributed by atoms with E-state index in [1.54, 1.807) is 6.20 Å². The third-order valence-electron chi connectivity index (χ3n) is 3.09. The normalized spacial score (nSPS) is 10.5. The molecule has 0 spiro atoms. The van der Waals surface area contributed by atoms with E-state index in [1.165, 1.54) is 5.56 Å². The van der Waals surface area contributed by atoms with Gasteiger partial charge in [0.1, 0.15) is 0 Å². The molecular weight excluding hydrogens is 250 g/mol. The van der Waals surface area contributed by atoms with Crippen molar-refractivity contribution >= 4 is 0 Å². The number of rotatable bonds is 7. The summed E-state index contributed by atoms with van der Waals surface area (Å²) in [6, 6.07) is 10.4. The van der Waals surface area contributed by atoms with Gasteiger partial charge in [-0.05, 0) is 32.4 Å². The van der Waals surface area contributed by atoms with Gasteiger partial charge < -0.3 is 10.1 Å². The van der Waals surface area contributed by atoms with Crippen LogP contribution in [0.25, 0.3) is 0 Å². The van der Waals surface area contributed by atoms with Crippen LogP contribution < -0.4 is 10.1 Å². The molecule has 0 bridgehead atoms. The molecule has 0 aliphatic heterocycles. The molecule has 0 saturated heterocycles. The summed E-state index contributed by atoms with van der Waals surface area (Å²) in [5.74, 6) is 0.608. The monoisotopic (exact) mass is 271 g/mol. The first kappa shape index (κ1) is 14.5. The summed E-state index contributed by atoms with van der Waals surface area (Å²) in [5, 5.41) is 3.39. The van der Waals surface area contributed by atoms with Crippen molar-refractivity contribution in [1.82, 2.24) is 15.3 Å². The molecule has 0 saturated carbocycles. The molecule has 1 aromatic heterocycles. The first-order chi connectivity index (χ1) is 9.75. The van der Waals surface area contributed by atoms with Gasteiger partial charge in [0, 0.05) is 6.54 Å². The maximum absolute atomic E-state index is 5.58. The molecule has 2 rings (SSSR count). The molecule has 0 radical (unpaired) electrons. The van der Waals surface area contributed by atoms with Crippen LogP contribution >= 0.6 is 0 Å². The Morgan fingerprint density at radius 3 is 2.65 bits per heavy atom. The van der Waals surface area contributed by atoms with Crippen molar-refractivity contribution in [2.45, 2.75) is 26.8 Å². The lowest BCUT2D eigenvalue weighted by Gasteiger charge is -2.07. The first-order valence-electron chi connectivity index (χ1n) is 6.93. The number of benzene rings is 1. The quantitative estimate of drug-likeness (QED) is 0.786. The smallest absolute Gasteiger partial charge is 0.232 e. The average Bonchev–Trinajstić information content (AvgIpc) is 2.47. The third kappa shape index (κ3) is 4.63. The molecule has 2 aromatic rings. The highest BCUT2D eigenvalue weighted by atomic mass is 16.5. The van der Waals surface area contributed by atoms with Gasteiger partial charge >= 0.3 is 0 Å². The fraction of sp³-hybridized carbons (Fsp3) is 0.375. The van der Waals surface area contributed by atoms with Gasteiger partial charge in [-0.15, -0.1) is 0 Å². The lowest BCUT2D eigenvalue weighted by molar-refractivity contribution is 0.294.